The second-order valence-electron chi connectivity index (χ2n) is 7.97. The normalized spacial score (nSPS) is 10.8. The van der Waals surface area contributed by atoms with Crippen LogP contribution in [0.4, 0.5) is 5.69 Å². The van der Waals surface area contributed by atoms with Crippen molar-refractivity contribution in [3.8, 4) is 22.9 Å². The molecule has 0 aliphatic carbocycles. The van der Waals surface area contributed by atoms with Crippen LogP contribution in [0.5, 0.6) is 11.5 Å². The molecule has 8 heteroatoms. The first-order valence-corrected chi connectivity index (χ1v) is 10.5. The molecular weight excluding hydrogens is 408 g/mol. The predicted molar refractivity (Wildman–Crippen MR) is 123 cm³/mol. The average Bonchev–Trinajstić information content (AvgIpc) is 3.22. The number of hydrogen-bond acceptors (Lipinski definition) is 7. The summed E-state index contributed by atoms with van der Waals surface area (Å²) in [5, 5.41) is 10.4. The molecule has 1 aromatic heterocycles. The van der Waals surface area contributed by atoms with Crippen LogP contribution in [0.3, 0.4) is 0 Å². The van der Waals surface area contributed by atoms with Gasteiger partial charge in [-0.25, -0.2) is 0 Å². The summed E-state index contributed by atoms with van der Waals surface area (Å²) in [6.45, 7) is 9.07. The third kappa shape index (κ3) is 5.38. The third-order valence-corrected chi connectivity index (χ3v) is 5.05. The van der Waals surface area contributed by atoms with Crippen molar-refractivity contribution in [3.05, 3.63) is 52.9 Å². The molecule has 0 spiro atoms. The maximum atomic E-state index is 12.9. The Morgan fingerprint density at radius 2 is 1.78 bits per heavy atom. The Bertz CT molecular complexity index is 1070. The summed E-state index contributed by atoms with van der Waals surface area (Å²) in [6.07, 6.45) is 0. The van der Waals surface area contributed by atoms with Gasteiger partial charge in [0.15, 0.2) is 0 Å². The number of carbonyl (C=O) groups excluding carboxylic acids is 1. The Labute approximate surface area is 188 Å². The zero-order valence-corrected chi connectivity index (χ0v) is 19.4. The fourth-order valence-electron chi connectivity index (χ4n) is 3.26. The van der Waals surface area contributed by atoms with E-state index in [1.54, 1.807) is 33.3 Å². The van der Waals surface area contributed by atoms with E-state index < -0.39 is 0 Å². The standard InChI is InChI=1S/C24H30N4O4/c1-14(2)12-25-20-9-17(23-27-16(4)32-28-23)7-8-18(20)13-26-24(29)19-10-21(30-5)15(3)22(11-19)31-6/h7-11,14,25H,12-13H2,1-6H3,(H,26,29). The molecule has 1 heterocycles. The number of ether oxygens (including phenoxy) is 2. The number of amides is 1. The van der Waals surface area contributed by atoms with Gasteiger partial charge in [0.2, 0.25) is 11.7 Å². The van der Waals surface area contributed by atoms with Crippen LogP contribution < -0.4 is 20.1 Å². The van der Waals surface area contributed by atoms with Gasteiger partial charge in [-0.15, -0.1) is 0 Å². The molecule has 0 aliphatic rings. The summed E-state index contributed by atoms with van der Waals surface area (Å²) < 4.78 is 15.9. The largest absolute Gasteiger partial charge is 0.496 e. The molecule has 0 unspecified atom stereocenters. The number of nitrogens with one attached hydrogen (secondary N) is 2. The molecule has 2 N–H and O–H groups in total. The molecule has 2 aromatic carbocycles. The van der Waals surface area contributed by atoms with Gasteiger partial charge in [0.25, 0.3) is 5.91 Å². The van der Waals surface area contributed by atoms with Crippen LogP contribution in [0, 0.1) is 19.8 Å². The summed E-state index contributed by atoms with van der Waals surface area (Å²) >= 11 is 0. The molecule has 0 fully saturated rings. The van der Waals surface area contributed by atoms with Crippen LogP contribution in [0.15, 0.2) is 34.9 Å². The number of carbonyl (C=O) groups is 1. The minimum absolute atomic E-state index is 0.214. The van der Waals surface area contributed by atoms with Crippen molar-refractivity contribution in [1.82, 2.24) is 15.5 Å². The molecule has 8 nitrogen and oxygen atoms in total. The highest BCUT2D eigenvalue weighted by atomic mass is 16.5. The first-order chi connectivity index (χ1) is 15.3. The Balaban J connectivity index is 1.82. The highest BCUT2D eigenvalue weighted by Crippen LogP contribution is 2.30. The number of benzene rings is 2. The number of methoxy groups -OCH3 is 2. The van der Waals surface area contributed by atoms with Crippen LogP contribution in [-0.2, 0) is 6.54 Å². The van der Waals surface area contributed by atoms with E-state index in [1.807, 2.05) is 25.1 Å². The molecule has 3 aromatic rings. The van der Waals surface area contributed by atoms with Crippen molar-refractivity contribution in [2.75, 3.05) is 26.1 Å². The van der Waals surface area contributed by atoms with Crippen molar-refractivity contribution < 1.29 is 18.8 Å². The summed E-state index contributed by atoms with van der Waals surface area (Å²) in [7, 11) is 3.14. The first-order valence-electron chi connectivity index (χ1n) is 10.5. The minimum Gasteiger partial charge on any atom is -0.496 e. The number of anilines is 1. The average molecular weight is 439 g/mol. The van der Waals surface area contributed by atoms with Gasteiger partial charge < -0.3 is 24.6 Å². The van der Waals surface area contributed by atoms with E-state index in [-0.39, 0.29) is 5.91 Å². The maximum Gasteiger partial charge on any atom is 0.251 e. The Hall–Kier alpha value is -3.55. The molecule has 1 amide bonds. The zero-order chi connectivity index (χ0) is 23.3. The molecule has 3 rings (SSSR count). The molecule has 0 atom stereocenters. The van der Waals surface area contributed by atoms with E-state index in [0.29, 0.717) is 41.2 Å². The van der Waals surface area contributed by atoms with Crippen molar-refractivity contribution >= 4 is 11.6 Å². The lowest BCUT2D eigenvalue weighted by atomic mass is 10.1. The van der Waals surface area contributed by atoms with E-state index >= 15 is 0 Å². The fraction of sp³-hybridized carbons (Fsp3) is 0.375. The molecule has 0 aliphatic heterocycles. The summed E-state index contributed by atoms with van der Waals surface area (Å²) in [4.78, 5) is 17.2. The number of aromatic nitrogens is 2. The summed E-state index contributed by atoms with van der Waals surface area (Å²) in [5.41, 5.74) is 4.03. The predicted octanol–water partition coefficient (Wildman–Crippen LogP) is 4.37. The molecule has 170 valence electrons. The van der Waals surface area contributed by atoms with Gasteiger partial charge in [-0.1, -0.05) is 31.1 Å². The molecule has 32 heavy (non-hydrogen) atoms. The van der Waals surface area contributed by atoms with Gasteiger partial charge in [0.1, 0.15) is 11.5 Å². The summed E-state index contributed by atoms with van der Waals surface area (Å²) in [5.74, 6) is 2.50. The van der Waals surface area contributed by atoms with Crippen molar-refractivity contribution in [1.29, 1.82) is 0 Å². The SMILES string of the molecule is COc1cc(C(=O)NCc2ccc(-c3noc(C)n3)cc2NCC(C)C)cc(OC)c1C. The van der Waals surface area contributed by atoms with Gasteiger partial charge in [-0.2, -0.15) is 4.98 Å². The fourth-order valence-corrected chi connectivity index (χ4v) is 3.26. The number of nitrogens with zero attached hydrogens (tertiary/aromatic N) is 2. The van der Waals surface area contributed by atoms with Crippen LogP contribution in [-0.4, -0.2) is 36.8 Å². The maximum absolute atomic E-state index is 12.9. The molecular formula is C24H30N4O4. The lowest BCUT2D eigenvalue weighted by Crippen LogP contribution is -2.24. The second kappa shape index (κ2) is 10.2. The molecule has 0 bridgehead atoms. The van der Waals surface area contributed by atoms with Crippen LogP contribution in [0.2, 0.25) is 0 Å². The second-order valence-corrected chi connectivity index (χ2v) is 7.97. The van der Waals surface area contributed by atoms with Gasteiger partial charge in [0.05, 0.1) is 14.2 Å². The van der Waals surface area contributed by atoms with Crippen molar-refractivity contribution in [2.45, 2.75) is 34.2 Å². The van der Waals surface area contributed by atoms with E-state index in [2.05, 4.69) is 34.6 Å². The molecule has 0 radical (unpaired) electrons. The first kappa shape index (κ1) is 23.1. The quantitative estimate of drug-likeness (QED) is 0.512. The monoisotopic (exact) mass is 438 g/mol. The van der Waals surface area contributed by atoms with Crippen LogP contribution in [0.1, 0.15) is 41.2 Å². The highest BCUT2D eigenvalue weighted by Gasteiger charge is 2.15. The zero-order valence-electron chi connectivity index (χ0n) is 19.4. The lowest BCUT2D eigenvalue weighted by molar-refractivity contribution is 0.0950. The number of aryl methyl sites for hydroxylation is 1. The smallest absolute Gasteiger partial charge is 0.251 e. The molecule has 0 saturated heterocycles. The number of rotatable bonds is 9. The van der Waals surface area contributed by atoms with E-state index in [9.17, 15) is 4.79 Å². The lowest BCUT2D eigenvalue weighted by Gasteiger charge is -2.16. The third-order valence-electron chi connectivity index (χ3n) is 5.05. The van der Waals surface area contributed by atoms with Crippen molar-refractivity contribution in [2.24, 2.45) is 5.92 Å². The van der Waals surface area contributed by atoms with E-state index in [4.69, 9.17) is 14.0 Å². The van der Waals surface area contributed by atoms with E-state index in [1.165, 1.54) is 0 Å². The van der Waals surface area contributed by atoms with Gasteiger partial charge in [-0.3, -0.25) is 4.79 Å². The highest BCUT2D eigenvalue weighted by molar-refractivity contribution is 5.95. The topological polar surface area (TPSA) is 98.5 Å². The van der Waals surface area contributed by atoms with Crippen LogP contribution >= 0.6 is 0 Å². The summed E-state index contributed by atoms with van der Waals surface area (Å²) in [6, 6.07) is 9.29. The van der Waals surface area contributed by atoms with Gasteiger partial charge in [0, 0.05) is 42.4 Å². The van der Waals surface area contributed by atoms with Crippen LogP contribution in [0.25, 0.3) is 11.4 Å². The Morgan fingerprint density at radius 1 is 1.09 bits per heavy atom. The molecule has 0 saturated carbocycles. The van der Waals surface area contributed by atoms with Crippen molar-refractivity contribution in [3.63, 3.8) is 0 Å². The van der Waals surface area contributed by atoms with Gasteiger partial charge >= 0.3 is 0 Å². The Morgan fingerprint density at radius 3 is 2.34 bits per heavy atom. The Kier molecular flexibility index (Phi) is 7.35. The van der Waals surface area contributed by atoms with Gasteiger partial charge in [-0.05, 0) is 36.6 Å². The van der Waals surface area contributed by atoms with E-state index in [0.717, 1.165) is 28.9 Å². The minimum atomic E-state index is -0.214. The number of hydrogen-bond donors (Lipinski definition) is 2.